The summed E-state index contributed by atoms with van der Waals surface area (Å²) in [6, 6.07) is 17.7. The van der Waals surface area contributed by atoms with Crippen LogP contribution in [0.15, 0.2) is 71.3 Å². The van der Waals surface area contributed by atoms with Crippen molar-refractivity contribution in [3.63, 3.8) is 0 Å². The summed E-state index contributed by atoms with van der Waals surface area (Å²) in [7, 11) is 0. The van der Waals surface area contributed by atoms with Crippen LogP contribution in [0.4, 0.5) is 0 Å². The monoisotopic (exact) mass is 393 g/mol. The quantitative estimate of drug-likeness (QED) is 0.570. The van der Waals surface area contributed by atoms with E-state index in [1.165, 1.54) is 6.26 Å². The number of rotatable bonds is 8. The van der Waals surface area contributed by atoms with Crippen molar-refractivity contribution in [3.8, 4) is 0 Å². The SMILES string of the molecule is CC(NC(=O)c1coc(C(N)Cc2ccccc2)n1)C(=O)OCc1ccccc1. The fraction of sp³-hybridized carbons (Fsp3) is 0.227. The number of nitrogens with one attached hydrogen (secondary N) is 1. The molecule has 7 heteroatoms. The van der Waals surface area contributed by atoms with Gasteiger partial charge in [0.05, 0.1) is 6.04 Å². The molecule has 2 atom stereocenters. The Morgan fingerprint density at radius 2 is 1.69 bits per heavy atom. The molecule has 0 saturated heterocycles. The van der Waals surface area contributed by atoms with Crippen molar-refractivity contribution < 1.29 is 18.7 Å². The fourth-order valence-corrected chi connectivity index (χ4v) is 2.70. The van der Waals surface area contributed by atoms with Crippen molar-refractivity contribution in [1.29, 1.82) is 0 Å². The van der Waals surface area contributed by atoms with Gasteiger partial charge in [0, 0.05) is 0 Å². The van der Waals surface area contributed by atoms with Crippen molar-refractivity contribution in [3.05, 3.63) is 89.6 Å². The number of amides is 1. The van der Waals surface area contributed by atoms with E-state index in [9.17, 15) is 9.59 Å². The third-order valence-corrected chi connectivity index (χ3v) is 4.30. The Balaban J connectivity index is 1.51. The van der Waals surface area contributed by atoms with E-state index in [4.69, 9.17) is 14.9 Å². The minimum atomic E-state index is -0.829. The zero-order valence-electron chi connectivity index (χ0n) is 16.1. The number of benzene rings is 2. The molecule has 1 aromatic heterocycles. The number of hydrogen-bond acceptors (Lipinski definition) is 6. The van der Waals surface area contributed by atoms with Gasteiger partial charge in [-0.15, -0.1) is 0 Å². The smallest absolute Gasteiger partial charge is 0.328 e. The number of nitrogens with zero attached hydrogens (tertiary/aromatic N) is 1. The molecule has 7 nitrogen and oxygen atoms in total. The van der Waals surface area contributed by atoms with Gasteiger partial charge in [-0.3, -0.25) is 4.79 Å². The Kier molecular flexibility index (Phi) is 6.76. The number of nitrogens with two attached hydrogens (primary N) is 1. The first-order chi connectivity index (χ1) is 14.0. The molecule has 0 bridgehead atoms. The number of carbonyl (C=O) groups excluding carboxylic acids is 2. The van der Waals surface area contributed by atoms with Crippen LogP contribution in [-0.4, -0.2) is 22.9 Å². The Morgan fingerprint density at radius 1 is 1.07 bits per heavy atom. The van der Waals surface area contributed by atoms with Gasteiger partial charge in [-0.25, -0.2) is 9.78 Å². The molecule has 3 aromatic rings. The second kappa shape index (κ2) is 9.66. The molecule has 0 aliphatic heterocycles. The van der Waals surface area contributed by atoms with Gasteiger partial charge in [-0.2, -0.15) is 0 Å². The van der Waals surface area contributed by atoms with Crippen molar-refractivity contribution in [2.75, 3.05) is 0 Å². The Morgan fingerprint density at radius 3 is 2.34 bits per heavy atom. The maximum Gasteiger partial charge on any atom is 0.328 e. The molecule has 0 spiro atoms. The normalized spacial score (nSPS) is 12.8. The van der Waals surface area contributed by atoms with Crippen LogP contribution in [0.1, 0.15) is 40.5 Å². The van der Waals surface area contributed by atoms with Crippen LogP contribution in [0.25, 0.3) is 0 Å². The summed E-state index contributed by atoms with van der Waals surface area (Å²) in [5.74, 6) is -0.805. The van der Waals surface area contributed by atoms with Crippen molar-refractivity contribution in [1.82, 2.24) is 10.3 Å². The predicted octanol–water partition coefficient (Wildman–Crippen LogP) is 2.78. The lowest BCUT2D eigenvalue weighted by atomic mass is 10.1. The summed E-state index contributed by atoms with van der Waals surface area (Å²) in [6.07, 6.45) is 1.77. The van der Waals surface area contributed by atoms with Gasteiger partial charge in [0.15, 0.2) is 5.69 Å². The van der Waals surface area contributed by atoms with Crippen molar-refractivity contribution >= 4 is 11.9 Å². The molecule has 2 aromatic carbocycles. The minimum Gasteiger partial charge on any atom is -0.459 e. The van der Waals surface area contributed by atoms with Gasteiger partial charge >= 0.3 is 5.97 Å². The lowest BCUT2D eigenvalue weighted by Gasteiger charge is -2.12. The lowest BCUT2D eigenvalue weighted by Crippen LogP contribution is -2.39. The van der Waals surface area contributed by atoms with Gasteiger partial charge < -0.3 is 20.2 Å². The molecule has 0 aliphatic rings. The number of carbonyl (C=O) groups is 2. The van der Waals surface area contributed by atoms with Crippen LogP contribution in [0.2, 0.25) is 0 Å². The topological polar surface area (TPSA) is 107 Å². The summed E-state index contributed by atoms with van der Waals surface area (Å²) in [4.78, 5) is 28.6. The van der Waals surface area contributed by atoms with E-state index in [2.05, 4.69) is 10.3 Å². The predicted molar refractivity (Wildman–Crippen MR) is 107 cm³/mol. The number of aromatic nitrogens is 1. The van der Waals surface area contributed by atoms with Crippen molar-refractivity contribution in [2.24, 2.45) is 5.73 Å². The molecule has 0 aliphatic carbocycles. The summed E-state index contributed by atoms with van der Waals surface area (Å²) in [5, 5.41) is 2.56. The van der Waals surface area contributed by atoms with E-state index in [1.807, 2.05) is 60.7 Å². The van der Waals surface area contributed by atoms with Gasteiger partial charge in [0.2, 0.25) is 5.89 Å². The summed E-state index contributed by atoms with van der Waals surface area (Å²) < 4.78 is 10.6. The number of hydrogen-bond donors (Lipinski definition) is 2. The lowest BCUT2D eigenvalue weighted by molar-refractivity contribution is -0.146. The van der Waals surface area contributed by atoms with E-state index in [-0.39, 0.29) is 18.2 Å². The Hall–Kier alpha value is -3.45. The van der Waals surface area contributed by atoms with Crippen LogP contribution in [0.3, 0.4) is 0 Å². The molecule has 0 saturated carbocycles. The molecular formula is C22H23N3O4. The molecule has 0 radical (unpaired) electrons. The van der Waals surface area contributed by atoms with Gasteiger partial charge in [-0.05, 0) is 24.5 Å². The third kappa shape index (κ3) is 5.76. The molecule has 1 amide bonds. The Labute approximate surface area is 168 Å². The van der Waals surface area contributed by atoms with Gasteiger partial charge in [-0.1, -0.05) is 60.7 Å². The Bertz CT molecular complexity index is 941. The van der Waals surface area contributed by atoms with E-state index >= 15 is 0 Å². The van der Waals surface area contributed by atoms with Gasteiger partial charge in [0.25, 0.3) is 5.91 Å². The molecule has 1 heterocycles. The van der Waals surface area contributed by atoms with Crippen molar-refractivity contribution in [2.45, 2.75) is 32.0 Å². The first-order valence-electron chi connectivity index (χ1n) is 9.29. The van der Waals surface area contributed by atoms with Crippen LogP contribution in [-0.2, 0) is 22.6 Å². The van der Waals surface area contributed by atoms with E-state index in [1.54, 1.807) is 6.92 Å². The highest BCUT2D eigenvalue weighted by Gasteiger charge is 2.22. The maximum absolute atomic E-state index is 12.3. The second-order valence-electron chi connectivity index (χ2n) is 6.66. The van der Waals surface area contributed by atoms with Crippen LogP contribution < -0.4 is 11.1 Å². The molecule has 3 N–H and O–H groups in total. The standard InChI is InChI=1S/C22H23N3O4/c1-15(22(27)29-13-17-10-6-3-7-11-17)24-20(26)19-14-28-21(25-19)18(23)12-16-8-4-2-5-9-16/h2-11,14-15,18H,12-13,23H2,1H3,(H,24,26). The highest BCUT2D eigenvalue weighted by Crippen LogP contribution is 2.16. The average Bonchev–Trinajstić information content (AvgIpc) is 3.24. The number of ether oxygens (including phenoxy) is 1. The molecule has 3 rings (SSSR count). The zero-order chi connectivity index (χ0) is 20.6. The first-order valence-corrected chi connectivity index (χ1v) is 9.29. The van der Waals surface area contributed by atoms with E-state index < -0.39 is 24.0 Å². The largest absolute Gasteiger partial charge is 0.459 e. The average molecular weight is 393 g/mol. The van der Waals surface area contributed by atoms with E-state index in [0.717, 1.165) is 11.1 Å². The first kappa shape index (κ1) is 20.3. The molecule has 150 valence electrons. The van der Waals surface area contributed by atoms with Crippen LogP contribution >= 0.6 is 0 Å². The highest BCUT2D eigenvalue weighted by molar-refractivity contribution is 5.94. The molecule has 2 unspecified atom stereocenters. The fourth-order valence-electron chi connectivity index (χ4n) is 2.70. The zero-order valence-corrected chi connectivity index (χ0v) is 16.1. The minimum absolute atomic E-state index is 0.0613. The summed E-state index contributed by atoms with van der Waals surface area (Å²) in [5.41, 5.74) is 8.09. The highest BCUT2D eigenvalue weighted by atomic mass is 16.5. The molecule has 0 fully saturated rings. The number of oxazole rings is 1. The third-order valence-electron chi connectivity index (χ3n) is 4.30. The summed E-state index contributed by atoms with van der Waals surface area (Å²) in [6.45, 7) is 1.69. The summed E-state index contributed by atoms with van der Waals surface area (Å²) >= 11 is 0. The molecular weight excluding hydrogens is 370 g/mol. The van der Waals surface area contributed by atoms with Crippen LogP contribution in [0.5, 0.6) is 0 Å². The van der Waals surface area contributed by atoms with E-state index in [0.29, 0.717) is 6.42 Å². The molecule has 29 heavy (non-hydrogen) atoms. The second-order valence-corrected chi connectivity index (χ2v) is 6.66. The number of esters is 1. The van der Waals surface area contributed by atoms with Gasteiger partial charge in [0.1, 0.15) is 18.9 Å². The van der Waals surface area contributed by atoms with Crippen LogP contribution in [0, 0.1) is 0 Å². The maximum atomic E-state index is 12.3.